The summed E-state index contributed by atoms with van der Waals surface area (Å²) in [7, 11) is 0. The molecule has 2 atom stereocenters. The van der Waals surface area contributed by atoms with Crippen LogP contribution in [0.25, 0.3) is 0 Å². The number of fused-ring (bicyclic) bond motifs is 1. The van der Waals surface area contributed by atoms with Crippen LogP contribution in [0.5, 0.6) is 11.5 Å². The van der Waals surface area contributed by atoms with Crippen LogP contribution in [0.3, 0.4) is 0 Å². The Morgan fingerprint density at radius 1 is 1.26 bits per heavy atom. The second-order valence-electron chi connectivity index (χ2n) is 6.72. The van der Waals surface area contributed by atoms with Gasteiger partial charge < -0.3 is 19.6 Å². The van der Waals surface area contributed by atoms with E-state index in [2.05, 4.69) is 10.5 Å². The molecule has 6 nitrogen and oxygen atoms in total. The molecular weight excluding hydrogens is 344 g/mol. The molecule has 2 aliphatic heterocycles. The van der Waals surface area contributed by atoms with E-state index >= 15 is 0 Å². The van der Waals surface area contributed by atoms with Crippen LogP contribution in [0.4, 0.5) is 5.69 Å². The predicted molar refractivity (Wildman–Crippen MR) is 102 cm³/mol. The van der Waals surface area contributed by atoms with Gasteiger partial charge >= 0.3 is 0 Å². The molecule has 2 aromatic carbocycles. The van der Waals surface area contributed by atoms with Crippen molar-refractivity contribution in [2.24, 2.45) is 5.16 Å². The minimum Gasteiger partial charge on any atom is -0.492 e. The quantitative estimate of drug-likeness (QED) is 0.872. The molecular formula is C21H22N2O4. The first-order chi connectivity index (χ1) is 13.1. The van der Waals surface area contributed by atoms with Gasteiger partial charge in [0.1, 0.15) is 23.3 Å². The molecule has 0 radical (unpaired) electrons. The molecule has 0 aromatic heterocycles. The largest absolute Gasteiger partial charge is 0.492 e. The van der Waals surface area contributed by atoms with Crippen molar-refractivity contribution in [3.63, 3.8) is 0 Å². The maximum atomic E-state index is 12.7. The van der Waals surface area contributed by atoms with Gasteiger partial charge in [0, 0.05) is 24.5 Å². The average molecular weight is 366 g/mol. The summed E-state index contributed by atoms with van der Waals surface area (Å²) in [6.45, 7) is 4.45. The molecule has 0 aliphatic carbocycles. The monoisotopic (exact) mass is 366 g/mol. The molecule has 0 saturated heterocycles. The van der Waals surface area contributed by atoms with Gasteiger partial charge in [-0.25, -0.2) is 0 Å². The SMILES string of the molecule is CCOc1cc2c(cc1NC(=O)C1=NOC(c3ccccc3)C1)OC(C)C2. The Kier molecular flexibility index (Phi) is 4.71. The maximum absolute atomic E-state index is 12.7. The van der Waals surface area contributed by atoms with E-state index in [0.29, 0.717) is 30.2 Å². The molecule has 27 heavy (non-hydrogen) atoms. The summed E-state index contributed by atoms with van der Waals surface area (Å²) in [6.07, 6.45) is 1.16. The van der Waals surface area contributed by atoms with Crippen molar-refractivity contribution in [1.29, 1.82) is 0 Å². The van der Waals surface area contributed by atoms with E-state index in [4.69, 9.17) is 14.3 Å². The van der Waals surface area contributed by atoms with E-state index in [1.165, 1.54) is 0 Å². The first kappa shape index (κ1) is 17.4. The molecule has 0 spiro atoms. The number of benzene rings is 2. The molecule has 2 unspecified atom stereocenters. The number of hydrogen-bond acceptors (Lipinski definition) is 5. The summed E-state index contributed by atoms with van der Waals surface area (Å²) in [5.74, 6) is 1.13. The van der Waals surface area contributed by atoms with E-state index in [1.54, 1.807) is 0 Å². The second-order valence-corrected chi connectivity index (χ2v) is 6.72. The van der Waals surface area contributed by atoms with Crippen molar-refractivity contribution in [2.75, 3.05) is 11.9 Å². The standard InChI is InChI=1S/C21H22N2O4/c1-3-25-20-10-15-9-13(2)26-18(15)11-16(20)22-21(24)17-12-19(27-23-17)14-7-5-4-6-8-14/h4-8,10-11,13,19H,3,9,12H2,1-2H3,(H,22,24). The van der Waals surface area contributed by atoms with Gasteiger partial charge in [-0.2, -0.15) is 0 Å². The zero-order valence-electron chi connectivity index (χ0n) is 15.4. The fraction of sp³-hybridized carbons (Fsp3) is 0.333. The van der Waals surface area contributed by atoms with Gasteiger partial charge in [-0.15, -0.1) is 0 Å². The molecule has 0 fully saturated rings. The molecule has 6 heteroatoms. The summed E-state index contributed by atoms with van der Waals surface area (Å²) in [5, 5.41) is 6.88. The summed E-state index contributed by atoms with van der Waals surface area (Å²) in [5.41, 5.74) is 3.04. The highest BCUT2D eigenvalue weighted by Gasteiger charge is 2.29. The number of carbonyl (C=O) groups is 1. The maximum Gasteiger partial charge on any atom is 0.273 e. The number of nitrogens with zero attached hydrogens (tertiary/aromatic N) is 1. The molecule has 140 valence electrons. The Morgan fingerprint density at radius 3 is 2.85 bits per heavy atom. The number of anilines is 1. The van der Waals surface area contributed by atoms with Crippen molar-refractivity contribution in [3.05, 3.63) is 53.6 Å². The van der Waals surface area contributed by atoms with Crippen molar-refractivity contribution >= 4 is 17.3 Å². The minimum atomic E-state index is -0.291. The highest BCUT2D eigenvalue weighted by molar-refractivity contribution is 6.43. The molecule has 1 amide bonds. The van der Waals surface area contributed by atoms with Crippen LogP contribution in [0.15, 0.2) is 47.6 Å². The van der Waals surface area contributed by atoms with Gasteiger partial charge in [0.25, 0.3) is 5.91 Å². The molecule has 2 aliphatic rings. The lowest BCUT2D eigenvalue weighted by atomic mass is 10.0. The lowest BCUT2D eigenvalue weighted by Crippen LogP contribution is -2.22. The van der Waals surface area contributed by atoms with Crippen LogP contribution < -0.4 is 14.8 Å². The van der Waals surface area contributed by atoms with E-state index in [-0.39, 0.29) is 18.1 Å². The highest BCUT2D eigenvalue weighted by Crippen LogP contribution is 2.38. The lowest BCUT2D eigenvalue weighted by molar-refractivity contribution is -0.110. The fourth-order valence-electron chi connectivity index (χ4n) is 3.36. The number of ether oxygens (including phenoxy) is 2. The zero-order valence-corrected chi connectivity index (χ0v) is 15.4. The van der Waals surface area contributed by atoms with E-state index < -0.39 is 0 Å². The normalized spacial score (nSPS) is 20.3. The third kappa shape index (κ3) is 3.60. The van der Waals surface area contributed by atoms with Gasteiger partial charge in [0.05, 0.1) is 12.3 Å². The summed E-state index contributed by atoms with van der Waals surface area (Å²) < 4.78 is 11.5. The smallest absolute Gasteiger partial charge is 0.273 e. The third-order valence-electron chi connectivity index (χ3n) is 4.65. The third-order valence-corrected chi connectivity index (χ3v) is 4.65. The second kappa shape index (κ2) is 7.31. The van der Waals surface area contributed by atoms with E-state index in [9.17, 15) is 4.79 Å². The summed E-state index contributed by atoms with van der Waals surface area (Å²) >= 11 is 0. The van der Waals surface area contributed by atoms with Gasteiger partial charge in [-0.3, -0.25) is 4.79 Å². The Labute approximate surface area is 158 Å². The Morgan fingerprint density at radius 2 is 2.07 bits per heavy atom. The molecule has 2 aromatic rings. The van der Waals surface area contributed by atoms with Crippen molar-refractivity contribution in [3.8, 4) is 11.5 Å². The van der Waals surface area contributed by atoms with Crippen LogP contribution in [-0.2, 0) is 16.1 Å². The van der Waals surface area contributed by atoms with Crippen molar-refractivity contribution in [2.45, 2.75) is 38.9 Å². The van der Waals surface area contributed by atoms with Crippen molar-refractivity contribution < 1.29 is 19.1 Å². The molecule has 0 saturated carbocycles. The Hall–Kier alpha value is -3.02. The highest BCUT2D eigenvalue weighted by atomic mass is 16.6. The van der Waals surface area contributed by atoms with E-state index in [0.717, 1.165) is 23.3 Å². The summed E-state index contributed by atoms with van der Waals surface area (Å²) in [6, 6.07) is 13.5. The molecule has 1 N–H and O–H groups in total. The van der Waals surface area contributed by atoms with E-state index in [1.807, 2.05) is 56.3 Å². The summed E-state index contributed by atoms with van der Waals surface area (Å²) in [4.78, 5) is 18.1. The number of rotatable bonds is 5. The number of hydrogen-bond donors (Lipinski definition) is 1. The van der Waals surface area contributed by atoms with Crippen LogP contribution >= 0.6 is 0 Å². The molecule has 0 bridgehead atoms. The first-order valence-corrected chi connectivity index (χ1v) is 9.19. The zero-order chi connectivity index (χ0) is 18.8. The number of nitrogens with one attached hydrogen (secondary N) is 1. The predicted octanol–water partition coefficient (Wildman–Crippen LogP) is 3.86. The minimum absolute atomic E-state index is 0.125. The van der Waals surface area contributed by atoms with Crippen LogP contribution in [0.1, 0.15) is 37.5 Å². The van der Waals surface area contributed by atoms with Gasteiger partial charge in [-0.05, 0) is 25.5 Å². The molecule has 2 heterocycles. The Bertz CT molecular complexity index is 879. The number of amides is 1. The van der Waals surface area contributed by atoms with Crippen LogP contribution in [0.2, 0.25) is 0 Å². The van der Waals surface area contributed by atoms with Gasteiger partial charge in [0.2, 0.25) is 0 Å². The first-order valence-electron chi connectivity index (χ1n) is 9.19. The molecule has 4 rings (SSSR count). The van der Waals surface area contributed by atoms with Crippen LogP contribution in [-0.4, -0.2) is 24.3 Å². The number of oxime groups is 1. The number of carbonyl (C=O) groups excluding carboxylic acids is 1. The van der Waals surface area contributed by atoms with Crippen molar-refractivity contribution in [1.82, 2.24) is 0 Å². The van der Waals surface area contributed by atoms with Gasteiger partial charge in [0.15, 0.2) is 6.10 Å². The topological polar surface area (TPSA) is 69.2 Å². The average Bonchev–Trinajstić information content (AvgIpc) is 3.29. The fourth-order valence-corrected chi connectivity index (χ4v) is 3.36. The van der Waals surface area contributed by atoms with Gasteiger partial charge in [-0.1, -0.05) is 35.5 Å². The Balaban J connectivity index is 1.49. The van der Waals surface area contributed by atoms with Crippen LogP contribution in [0, 0.1) is 0 Å². The lowest BCUT2D eigenvalue weighted by Gasteiger charge is -2.13.